The molecule has 1 aromatic carbocycles. The molecular formula is C17H20N2O2. The Bertz CT molecular complexity index is 641. The number of nitrogens with two attached hydrogens (primary N) is 1. The maximum atomic E-state index is 12.3. The summed E-state index contributed by atoms with van der Waals surface area (Å²) in [6, 6.07) is 10.2. The van der Waals surface area contributed by atoms with E-state index in [9.17, 15) is 4.79 Å². The highest BCUT2D eigenvalue weighted by Gasteiger charge is 2.25. The number of fused-ring (bicyclic) bond motifs is 1. The summed E-state index contributed by atoms with van der Waals surface area (Å²) < 4.78 is 5.67. The summed E-state index contributed by atoms with van der Waals surface area (Å²) in [4.78, 5) is 14.1. The van der Waals surface area contributed by atoms with Gasteiger partial charge in [-0.1, -0.05) is 18.2 Å². The van der Waals surface area contributed by atoms with Crippen molar-refractivity contribution in [3.8, 4) is 0 Å². The van der Waals surface area contributed by atoms with E-state index in [4.69, 9.17) is 10.2 Å². The first-order chi connectivity index (χ1) is 10.1. The molecule has 1 aromatic heterocycles. The Kier molecular flexibility index (Phi) is 3.80. The number of amides is 1. The molecule has 3 rings (SSSR count). The predicted octanol–water partition coefficient (Wildman–Crippen LogP) is 2.78. The fourth-order valence-corrected chi connectivity index (χ4v) is 2.87. The first kappa shape index (κ1) is 13.9. The van der Waals surface area contributed by atoms with Gasteiger partial charge in [-0.3, -0.25) is 4.79 Å². The second kappa shape index (κ2) is 5.74. The van der Waals surface area contributed by atoms with E-state index in [2.05, 4.69) is 0 Å². The third-order valence-corrected chi connectivity index (χ3v) is 4.03. The second-order valence-corrected chi connectivity index (χ2v) is 5.69. The van der Waals surface area contributed by atoms with Crippen LogP contribution in [-0.2, 0) is 4.79 Å². The average Bonchev–Trinajstić information content (AvgIpc) is 2.87. The number of likely N-dealkylation sites (tertiary alicyclic amines) is 1. The zero-order valence-electron chi connectivity index (χ0n) is 12.2. The summed E-state index contributed by atoms with van der Waals surface area (Å²) in [6.45, 7) is 2.78. The predicted molar refractivity (Wildman–Crippen MR) is 83.6 cm³/mol. The van der Waals surface area contributed by atoms with Gasteiger partial charge >= 0.3 is 0 Å². The average molecular weight is 284 g/mol. The van der Waals surface area contributed by atoms with Gasteiger partial charge in [-0.15, -0.1) is 0 Å². The maximum absolute atomic E-state index is 12.3. The number of hydrogen-bond donors (Lipinski definition) is 1. The summed E-state index contributed by atoms with van der Waals surface area (Å²) in [6.07, 6.45) is 5.06. The van der Waals surface area contributed by atoms with Crippen LogP contribution >= 0.6 is 0 Å². The van der Waals surface area contributed by atoms with Gasteiger partial charge in [0, 0.05) is 30.1 Å². The summed E-state index contributed by atoms with van der Waals surface area (Å²) in [5, 5.41) is 1.04. The Morgan fingerprint density at radius 2 is 2.24 bits per heavy atom. The van der Waals surface area contributed by atoms with Crippen molar-refractivity contribution in [2.75, 3.05) is 6.54 Å². The van der Waals surface area contributed by atoms with Gasteiger partial charge < -0.3 is 15.1 Å². The first-order valence-corrected chi connectivity index (χ1v) is 7.36. The van der Waals surface area contributed by atoms with Gasteiger partial charge in [-0.25, -0.2) is 0 Å². The van der Waals surface area contributed by atoms with Crippen LogP contribution in [0.25, 0.3) is 17.0 Å². The van der Waals surface area contributed by atoms with Crippen LogP contribution in [-0.4, -0.2) is 29.4 Å². The van der Waals surface area contributed by atoms with Crippen LogP contribution in [0, 0.1) is 0 Å². The van der Waals surface area contributed by atoms with Crippen molar-refractivity contribution in [3.63, 3.8) is 0 Å². The smallest absolute Gasteiger partial charge is 0.246 e. The minimum Gasteiger partial charge on any atom is -0.457 e. The van der Waals surface area contributed by atoms with E-state index in [1.807, 2.05) is 42.2 Å². The number of nitrogens with zero attached hydrogens (tertiary/aromatic N) is 1. The van der Waals surface area contributed by atoms with Crippen molar-refractivity contribution in [3.05, 3.63) is 42.2 Å². The minimum absolute atomic E-state index is 0.0230. The molecule has 0 saturated carbocycles. The molecule has 2 unspecified atom stereocenters. The highest BCUT2D eigenvalue weighted by atomic mass is 16.3. The molecule has 1 saturated heterocycles. The van der Waals surface area contributed by atoms with Gasteiger partial charge in [-0.05, 0) is 38.0 Å². The van der Waals surface area contributed by atoms with E-state index in [1.165, 1.54) is 0 Å². The summed E-state index contributed by atoms with van der Waals surface area (Å²) >= 11 is 0. The summed E-state index contributed by atoms with van der Waals surface area (Å²) in [5.74, 6) is 0.723. The normalized spacial score (nSPS) is 23.0. The highest BCUT2D eigenvalue weighted by molar-refractivity contribution is 5.92. The quantitative estimate of drug-likeness (QED) is 0.863. The Hall–Kier alpha value is -2.07. The maximum Gasteiger partial charge on any atom is 0.246 e. The fourth-order valence-electron chi connectivity index (χ4n) is 2.87. The molecule has 110 valence electrons. The van der Waals surface area contributed by atoms with E-state index < -0.39 is 0 Å². The number of carbonyl (C=O) groups is 1. The Morgan fingerprint density at radius 3 is 3.00 bits per heavy atom. The van der Waals surface area contributed by atoms with Crippen LogP contribution < -0.4 is 5.73 Å². The van der Waals surface area contributed by atoms with Gasteiger partial charge in [0.05, 0.1) is 0 Å². The monoisotopic (exact) mass is 284 g/mol. The molecule has 0 spiro atoms. The third kappa shape index (κ3) is 3.00. The van der Waals surface area contributed by atoms with Crippen molar-refractivity contribution in [2.24, 2.45) is 5.73 Å². The number of benzene rings is 1. The van der Waals surface area contributed by atoms with Crippen molar-refractivity contribution < 1.29 is 9.21 Å². The molecule has 2 N–H and O–H groups in total. The second-order valence-electron chi connectivity index (χ2n) is 5.69. The summed E-state index contributed by atoms with van der Waals surface area (Å²) in [5.41, 5.74) is 6.76. The van der Waals surface area contributed by atoms with Crippen LogP contribution in [0.5, 0.6) is 0 Å². The van der Waals surface area contributed by atoms with Gasteiger partial charge in [0.2, 0.25) is 5.91 Å². The topological polar surface area (TPSA) is 59.5 Å². The molecule has 0 radical (unpaired) electrons. The fraction of sp³-hybridized carbons (Fsp3) is 0.353. The van der Waals surface area contributed by atoms with Crippen LogP contribution in [0.1, 0.15) is 25.5 Å². The lowest BCUT2D eigenvalue weighted by Crippen LogP contribution is -2.47. The van der Waals surface area contributed by atoms with E-state index in [0.717, 1.165) is 30.4 Å². The van der Waals surface area contributed by atoms with E-state index in [-0.39, 0.29) is 18.0 Å². The number of piperidine rings is 1. The first-order valence-electron chi connectivity index (χ1n) is 7.36. The van der Waals surface area contributed by atoms with Crippen molar-refractivity contribution in [1.82, 2.24) is 4.90 Å². The van der Waals surface area contributed by atoms with E-state index in [1.54, 1.807) is 12.2 Å². The van der Waals surface area contributed by atoms with Gasteiger partial charge in [-0.2, -0.15) is 0 Å². The van der Waals surface area contributed by atoms with Gasteiger partial charge in [0.25, 0.3) is 0 Å². The Morgan fingerprint density at radius 1 is 1.43 bits per heavy atom. The molecule has 1 aliphatic heterocycles. The Balaban J connectivity index is 1.71. The molecule has 21 heavy (non-hydrogen) atoms. The zero-order chi connectivity index (χ0) is 14.8. The largest absolute Gasteiger partial charge is 0.457 e. The molecule has 0 aliphatic carbocycles. The summed E-state index contributed by atoms with van der Waals surface area (Å²) in [7, 11) is 0. The molecule has 4 nitrogen and oxygen atoms in total. The molecule has 4 heteroatoms. The van der Waals surface area contributed by atoms with Crippen molar-refractivity contribution in [1.29, 1.82) is 0 Å². The lowest BCUT2D eigenvalue weighted by atomic mass is 9.99. The van der Waals surface area contributed by atoms with Crippen LogP contribution in [0.2, 0.25) is 0 Å². The lowest BCUT2D eigenvalue weighted by molar-refractivity contribution is -0.129. The van der Waals surface area contributed by atoms with Crippen LogP contribution in [0.3, 0.4) is 0 Å². The van der Waals surface area contributed by atoms with Gasteiger partial charge in [0.15, 0.2) is 0 Å². The SMILES string of the molecule is CC1CC(N)CCN1C(=O)/C=C/c1cc2ccccc2o1. The van der Waals surface area contributed by atoms with E-state index in [0.29, 0.717) is 5.76 Å². The molecular weight excluding hydrogens is 264 g/mol. The lowest BCUT2D eigenvalue weighted by Gasteiger charge is -2.35. The molecule has 2 atom stereocenters. The number of rotatable bonds is 2. The van der Waals surface area contributed by atoms with E-state index >= 15 is 0 Å². The number of furan rings is 1. The van der Waals surface area contributed by atoms with Crippen molar-refractivity contribution in [2.45, 2.75) is 31.8 Å². The number of carbonyl (C=O) groups excluding carboxylic acids is 1. The molecule has 2 aromatic rings. The molecule has 1 aliphatic rings. The molecule has 0 bridgehead atoms. The van der Waals surface area contributed by atoms with Gasteiger partial charge in [0.1, 0.15) is 11.3 Å². The minimum atomic E-state index is 0.0230. The molecule has 1 amide bonds. The van der Waals surface area contributed by atoms with Crippen molar-refractivity contribution >= 4 is 23.0 Å². The Labute approximate surface area is 124 Å². The standard InChI is InChI=1S/C17H20N2O2/c1-12-10-14(18)8-9-19(12)17(20)7-6-15-11-13-4-2-3-5-16(13)21-15/h2-7,11-12,14H,8-10,18H2,1H3/b7-6+. The molecule has 1 fully saturated rings. The number of hydrogen-bond acceptors (Lipinski definition) is 3. The number of para-hydroxylation sites is 1. The third-order valence-electron chi connectivity index (χ3n) is 4.03. The zero-order valence-corrected chi connectivity index (χ0v) is 12.2. The highest BCUT2D eigenvalue weighted by Crippen LogP contribution is 2.20. The molecule has 2 heterocycles. The van der Waals surface area contributed by atoms with Crippen LogP contribution in [0.4, 0.5) is 0 Å². The van der Waals surface area contributed by atoms with Crippen LogP contribution in [0.15, 0.2) is 40.8 Å².